The summed E-state index contributed by atoms with van der Waals surface area (Å²) in [6.45, 7) is 4.32. The predicted molar refractivity (Wildman–Crippen MR) is 95.0 cm³/mol. The van der Waals surface area contributed by atoms with E-state index < -0.39 is 0 Å². The normalized spacial score (nSPS) is 12.1. The Kier molecular flexibility index (Phi) is 4.85. The maximum Gasteiger partial charge on any atom is 0.252 e. The molecule has 0 unspecified atom stereocenters. The first-order valence-corrected chi connectivity index (χ1v) is 8.44. The van der Waals surface area contributed by atoms with Crippen molar-refractivity contribution in [3.8, 4) is 0 Å². The van der Waals surface area contributed by atoms with Gasteiger partial charge in [0, 0.05) is 16.7 Å². The molecule has 0 bridgehead atoms. The molecular weight excluding hydrogens is 370 g/mol. The van der Waals surface area contributed by atoms with Crippen LogP contribution in [-0.4, -0.2) is 22.2 Å². The highest BCUT2D eigenvalue weighted by molar-refractivity contribution is 9.10. The Morgan fingerprint density at radius 2 is 2.08 bits per heavy atom. The van der Waals surface area contributed by atoms with Crippen molar-refractivity contribution in [1.29, 1.82) is 0 Å². The van der Waals surface area contributed by atoms with Gasteiger partial charge in [0.25, 0.3) is 5.91 Å². The van der Waals surface area contributed by atoms with Crippen LogP contribution in [-0.2, 0) is 0 Å². The molecule has 2 aromatic heterocycles. The van der Waals surface area contributed by atoms with Gasteiger partial charge in [-0.25, -0.2) is 0 Å². The van der Waals surface area contributed by atoms with E-state index in [0.29, 0.717) is 12.1 Å². The highest BCUT2D eigenvalue weighted by Crippen LogP contribution is 2.21. The number of hydrogen-bond acceptors (Lipinski definition) is 3. The van der Waals surface area contributed by atoms with Crippen molar-refractivity contribution in [2.75, 3.05) is 6.54 Å². The highest BCUT2D eigenvalue weighted by Gasteiger charge is 2.21. The number of nitrogens with zero attached hydrogens (tertiary/aromatic N) is 2. The lowest BCUT2D eigenvalue weighted by Gasteiger charge is -2.18. The van der Waals surface area contributed by atoms with Crippen molar-refractivity contribution < 1.29 is 9.21 Å². The molecule has 3 rings (SSSR count). The fraction of sp³-hybridized carbons (Fsp3) is 0.222. The third-order valence-electron chi connectivity index (χ3n) is 3.79. The van der Waals surface area contributed by atoms with Gasteiger partial charge in [0.1, 0.15) is 11.8 Å². The first-order chi connectivity index (χ1) is 11.6. The number of aromatic nitrogens is 2. The van der Waals surface area contributed by atoms with Gasteiger partial charge in [0.2, 0.25) is 0 Å². The molecule has 1 atom stereocenters. The number of furan rings is 1. The predicted octanol–water partition coefficient (Wildman–Crippen LogP) is 3.87. The van der Waals surface area contributed by atoms with Crippen LogP contribution in [0.15, 0.2) is 57.6 Å². The topological polar surface area (TPSA) is 60.1 Å². The smallest absolute Gasteiger partial charge is 0.252 e. The maximum atomic E-state index is 12.5. The molecule has 24 heavy (non-hydrogen) atoms. The monoisotopic (exact) mass is 387 g/mol. The summed E-state index contributed by atoms with van der Waals surface area (Å²) in [4.78, 5) is 12.5. The number of rotatable bonds is 5. The van der Waals surface area contributed by atoms with Gasteiger partial charge < -0.3 is 9.73 Å². The molecule has 0 saturated heterocycles. The van der Waals surface area contributed by atoms with Crippen molar-refractivity contribution >= 4 is 21.8 Å². The molecular formula is C18H18BrN3O2. The first-order valence-electron chi connectivity index (χ1n) is 7.65. The minimum absolute atomic E-state index is 0.138. The number of carbonyl (C=O) groups is 1. The second-order valence-corrected chi connectivity index (χ2v) is 6.45. The number of hydrogen-bond donors (Lipinski definition) is 1. The molecule has 3 aromatic rings. The Labute approximate surface area is 148 Å². The van der Waals surface area contributed by atoms with Crippen molar-refractivity contribution in [2.24, 2.45) is 0 Å². The molecule has 1 amide bonds. The number of carbonyl (C=O) groups excluding carboxylic acids is 1. The molecule has 0 spiro atoms. The molecule has 124 valence electrons. The van der Waals surface area contributed by atoms with E-state index >= 15 is 0 Å². The van der Waals surface area contributed by atoms with E-state index in [1.807, 2.05) is 54.9 Å². The summed E-state index contributed by atoms with van der Waals surface area (Å²) >= 11 is 3.41. The zero-order valence-electron chi connectivity index (χ0n) is 13.5. The van der Waals surface area contributed by atoms with Crippen LogP contribution in [0.2, 0.25) is 0 Å². The summed E-state index contributed by atoms with van der Waals surface area (Å²) < 4.78 is 8.20. The highest BCUT2D eigenvalue weighted by atomic mass is 79.9. The molecule has 0 radical (unpaired) electrons. The summed E-state index contributed by atoms with van der Waals surface area (Å²) in [5.74, 6) is 0.620. The third kappa shape index (κ3) is 3.43. The van der Waals surface area contributed by atoms with E-state index in [0.717, 1.165) is 21.6 Å². The summed E-state index contributed by atoms with van der Waals surface area (Å²) in [5.41, 5.74) is 2.55. The van der Waals surface area contributed by atoms with Crippen LogP contribution in [0, 0.1) is 13.8 Å². The van der Waals surface area contributed by atoms with Crippen molar-refractivity contribution in [1.82, 2.24) is 15.1 Å². The van der Waals surface area contributed by atoms with Crippen LogP contribution in [0.25, 0.3) is 0 Å². The molecule has 5 nitrogen and oxygen atoms in total. The molecule has 0 saturated carbocycles. The Bertz CT molecular complexity index is 840. The summed E-state index contributed by atoms with van der Waals surface area (Å²) in [5, 5.41) is 7.50. The molecule has 0 aliphatic heterocycles. The number of benzene rings is 1. The van der Waals surface area contributed by atoms with Crippen LogP contribution in [0.3, 0.4) is 0 Å². The lowest BCUT2D eigenvalue weighted by molar-refractivity contribution is 0.0947. The molecule has 6 heteroatoms. The quantitative estimate of drug-likeness (QED) is 0.722. The van der Waals surface area contributed by atoms with Crippen LogP contribution in [0.1, 0.15) is 33.5 Å². The number of amides is 1. The average Bonchev–Trinajstić information content (AvgIpc) is 3.18. The second kappa shape index (κ2) is 7.05. The third-order valence-corrected chi connectivity index (χ3v) is 4.48. The Balaban J connectivity index is 1.82. The fourth-order valence-corrected chi connectivity index (χ4v) is 3.14. The van der Waals surface area contributed by atoms with Crippen LogP contribution in [0.4, 0.5) is 0 Å². The van der Waals surface area contributed by atoms with Gasteiger partial charge in [-0.3, -0.25) is 9.48 Å². The van der Waals surface area contributed by atoms with Gasteiger partial charge in [-0.05, 0) is 60.1 Å². The van der Waals surface area contributed by atoms with Crippen molar-refractivity contribution in [3.63, 3.8) is 0 Å². The molecule has 0 aliphatic rings. The van der Waals surface area contributed by atoms with Crippen LogP contribution in [0.5, 0.6) is 0 Å². The fourth-order valence-electron chi connectivity index (χ4n) is 2.68. The van der Waals surface area contributed by atoms with Crippen LogP contribution >= 0.6 is 15.9 Å². The van der Waals surface area contributed by atoms with Gasteiger partial charge >= 0.3 is 0 Å². The zero-order valence-corrected chi connectivity index (χ0v) is 15.1. The minimum Gasteiger partial charge on any atom is -0.467 e. The van der Waals surface area contributed by atoms with E-state index in [2.05, 4.69) is 26.3 Å². The molecule has 2 heterocycles. The van der Waals surface area contributed by atoms with E-state index in [1.165, 1.54) is 0 Å². The lowest BCUT2D eigenvalue weighted by atomic mass is 10.2. The maximum absolute atomic E-state index is 12.5. The number of nitrogens with one attached hydrogen (secondary N) is 1. The summed E-state index contributed by atoms with van der Waals surface area (Å²) in [6.07, 6.45) is 1.63. The van der Waals surface area contributed by atoms with Crippen LogP contribution < -0.4 is 5.32 Å². The molecule has 1 N–H and O–H groups in total. The van der Waals surface area contributed by atoms with E-state index in [1.54, 1.807) is 12.3 Å². The molecule has 0 fully saturated rings. The summed E-state index contributed by atoms with van der Waals surface area (Å²) in [6, 6.07) is 12.9. The molecule has 0 aliphatic carbocycles. The molecule has 1 aromatic carbocycles. The van der Waals surface area contributed by atoms with Gasteiger partial charge in [0.05, 0.1) is 17.5 Å². The summed E-state index contributed by atoms with van der Waals surface area (Å²) in [7, 11) is 0. The van der Waals surface area contributed by atoms with Gasteiger partial charge in [-0.15, -0.1) is 0 Å². The largest absolute Gasteiger partial charge is 0.467 e. The standard InChI is InChI=1S/C18H18BrN3O2/c1-12-10-13(2)22(21-12)16(17-8-5-9-24-17)11-20-18(23)14-6-3-4-7-15(14)19/h3-10,16H,11H2,1-2H3,(H,20,23)/t16-/m1/s1. The Hall–Kier alpha value is -2.34. The van der Waals surface area contributed by atoms with E-state index in [9.17, 15) is 4.79 Å². The Morgan fingerprint density at radius 1 is 1.29 bits per heavy atom. The van der Waals surface area contributed by atoms with Gasteiger partial charge in [-0.1, -0.05) is 12.1 Å². The van der Waals surface area contributed by atoms with Gasteiger partial charge in [0.15, 0.2) is 0 Å². The first kappa shape index (κ1) is 16.5. The second-order valence-electron chi connectivity index (χ2n) is 5.59. The average molecular weight is 388 g/mol. The zero-order chi connectivity index (χ0) is 17.1. The van der Waals surface area contributed by atoms with Crippen molar-refractivity contribution in [2.45, 2.75) is 19.9 Å². The lowest BCUT2D eigenvalue weighted by Crippen LogP contribution is -2.32. The SMILES string of the molecule is Cc1cc(C)n([C@H](CNC(=O)c2ccccc2Br)c2ccco2)n1. The Morgan fingerprint density at radius 3 is 2.71 bits per heavy atom. The van der Waals surface area contributed by atoms with Gasteiger partial charge in [-0.2, -0.15) is 5.10 Å². The minimum atomic E-state index is -0.194. The number of aryl methyl sites for hydroxylation is 2. The number of halogens is 1. The van der Waals surface area contributed by atoms with E-state index in [4.69, 9.17) is 4.42 Å². The van der Waals surface area contributed by atoms with Crippen molar-refractivity contribution in [3.05, 3.63) is 75.9 Å². The van der Waals surface area contributed by atoms with E-state index in [-0.39, 0.29) is 11.9 Å².